The lowest BCUT2D eigenvalue weighted by molar-refractivity contribution is -0.133. The molecule has 0 unspecified atom stereocenters. The molecule has 0 radical (unpaired) electrons. The SMILES string of the molecule is CCCCCCCC(=O)N[C@@H](CN1Cc2ccc(C(=O)N3C[C@@H](C(=O)N[C@H]4C[C@@H]4c4ccccc4)[C@H](C(=O)N[C@H]4C[C@@H]4c4ccccc4)C3)cc2C1=O)C(=O)NCCCCCC. The standard InChI is InChI=1S/C50H64N6O6/c1-3-5-7-9-16-22-45(57)52-44(48(60)51-25-17-8-6-4-2)32-55-29-36-24-23-35(26-39(36)50(55)62)49(61)56-30-40(46(58)53-42-27-37(42)33-18-12-10-13-19-33)41(31-56)47(59)54-43-28-38(43)34-20-14-11-15-21-34/h10-15,18-21,23-24,26,37-38,40-44H,3-9,16-17,22,25,27-32H2,1-2H3,(H,51,60)(H,52,57)(H,53,58)(H,54,59)/t37-,38-,40-,41-,42+,43+,44+/m1/s1. The monoisotopic (exact) mass is 844 g/mol. The molecule has 3 aromatic rings. The molecule has 330 valence electrons. The molecule has 4 N–H and O–H groups in total. The number of benzene rings is 3. The first-order valence-electron chi connectivity index (χ1n) is 23.1. The van der Waals surface area contributed by atoms with Crippen molar-refractivity contribution in [1.82, 2.24) is 31.1 Å². The molecule has 7 atom stereocenters. The second kappa shape index (κ2) is 21.0. The highest BCUT2D eigenvalue weighted by Gasteiger charge is 2.49. The van der Waals surface area contributed by atoms with Crippen LogP contribution in [-0.2, 0) is 25.7 Å². The molecule has 1 saturated heterocycles. The Hall–Kier alpha value is -5.52. The molecule has 0 spiro atoms. The van der Waals surface area contributed by atoms with Gasteiger partial charge in [-0.05, 0) is 54.5 Å². The average molecular weight is 845 g/mol. The maximum absolute atomic E-state index is 14.3. The van der Waals surface area contributed by atoms with E-state index >= 15 is 0 Å². The molecule has 2 aliphatic carbocycles. The van der Waals surface area contributed by atoms with Crippen molar-refractivity contribution in [3.05, 3.63) is 107 Å². The van der Waals surface area contributed by atoms with E-state index in [1.54, 1.807) is 28.0 Å². The van der Waals surface area contributed by atoms with Gasteiger partial charge in [0.1, 0.15) is 6.04 Å². The Labute approximate surface area is 366 Å². The molecule has 0 bridgehead atoms. The molecule has 2 aliphatic heterocycles. The van der Waals surface area contributed by atoms with Crippen LogP contribution in [0.4, 0.5) is 0 Å². The van der Waals surface area contributed by atoms with Crippen molar-refractivity contribution >= 4 is 35.4 Å². The number of unbranched alkanes of at least 4 members (excludes halogenated alkanes) is 7. The number of hydrogen-bond donors (Lipinski definition) is 4. The number of rotatable bonds is 22. The Kier molecular flexibility index (Phi) is 15.1. The van der Waals surface area contributed by atoms with Gasteiger partial charge in [-0.2, -0.15) is 0 Å². The molecule has 62 heavy (non-hydrogen) atoms. The van der Waals surface area contributed by atoms with Gasteiger partial charge in [-0.1, -0.05) is 126 Å². The fourth-order valence-electron chi connectivity index (χ4n) is 9.21. The Morgan fingerprint density at radius 2 is 1.26 bits per heavy atom. The van der Waals surface area contributed by atoms with Gasteiger partial charge in [0.05, 0.1) is 18.4 Å². The molecule has 3 aromatic carbocycles. The van der Waals surface area contributed by atoms with Crippen molar-refractivity contribution < 1.29 is 28.8 Å². The zero-order valence-corrected chi connectivity index (χ0v) is 36.4. The summed E-state index contributed by atoms with van der Waals surface area (Å²) in [7, 11) is 0. The second-order valence-electron chi connectivity index (χ2n) is 17.9. The van der Waals surface area contributed by atoms with E-state index in [2.05, 4.69) is 59.4 Å². The summed E-state index contributed by atoms with van der Waals surface area (Å²) in [4.78, 5) is 85.7. The van der Waals surface area contributed by atoms with Crippen LogP contribution in [0.1, 0.15) is 140 Å². The van der Waals surface area contributed by atoms with Gasteiger partial charge in [0.2, 0.25) is 23.6 Å². The zero-order chi connectivity index (χ0) is 43.6. The third kappa shape index (κ3) is 11.3. The minimum absolute atomic E-state index is 0.00286. The van der Waals surface area contributed by atoms with Crippen molar-refractivity contribution in [3.63, 3.8) is 0 Å². The number of carbonyl (C=O) groups excluding carboxylic acids is 6. The molecule has 4 aliphatic rings. The Morgan fingerprint density at radius 1 is 0.694 bits per heavy atom. The lowest BCUT2D eigenvalue weighted by Crippen LogP contribution is -2.52. The van der Waals surface area contributed by atoms with Gasteiger partial charge >= 0.3 is 0 Å². The van der Waals surface area contributed by atoms with E-state index in [1.807, 2.05) is 36.4 Å². The highest BCUT2D eigenvalue weighted by atomic mass is 16.2. The van der Waals surface area contributed by atoms with Crippen LogP contribution in [0.15, 0.2) is 78.9 Å². The maximum Gasteiger partial charge on any atom is 0.254 e. The number of fused-ring (bicyclic) bond motifs is 1. The highest BCUT2D eigenvalue weighted by molar-refractivity contribution is 6.03. The van der Waals surface area contributed by atoms with Crippen molar-refractivity contribution in [2.75, 3.05) is 26.2 Å². The molecule has 3 fully saturated rings. The van der Waals surface area contributed by atoms with Crippen LogP contribution in [0.2, 0.25) is 0 Å². The minimum Gasteiger partial charge on any atom is -0.354 e. The smallest absolute Gasteiger partial charge is 0.254 e. The summed E-state index contributed by atoms with van der Waals surface area (Å²) >= 11 is 0. The number of nitrogens with zero attached hydrogens (tertiary/aromatic N) is 2. The van der Waals surface area contributed by atoms with E-state index in [4.69, 9.17) is 0 Å². The molecule has 12 heteroatoms. The van der Waals surface area contributed by atoms with E-state index in [9.17, 15) is 28.8 Å². The molecular formula is C50H64N6O6. The molecule has 2 saturated carbocycles. The summed E-state index contributed by atoms with van der Waals surface area (Å²) < 4.78 is 0. The van der Waals surface area contributed by atoms with Crippen molar-refractivity contribution in [1.29, 1.82) is 0 Å². The van der Waals surface area contributed by atoms with Crippen LogP contribution in [0.25, 0.3) is 0 Å². The third-order valence-electron chi connectivity index (χ3n) is 13.1. The summed E-state index contributed by atoms with van der Waals surface area (Å²) in [6.07, 6.45) is 10.9. The van der Waals surface area contributed by atoms with Crippen LogP contribution >= 0.6 is 0 Å². The average Bonchev–Trinajstić information content (AvgIpc) is 4.16. The van der Waals surface area contributed by atoms with E-state index in [1.165, 1.54) is 0 Å². The molecule has 6 amide bonds. The van der Waals surface area contributed by atoms with Crippen LogP contribution in [-0.4, -0.2) is 89.5 Å². The number of hydrogen-bond acceptors (Lipinski definition) is 6. The van der Waals surface area contributed by atoms with Crippen molar-refractivity contribution in [3.8, 4) is 0 Å². The summed E-state index contributed by atoms with van der Waals surface area (Å²) in [5.74, 6) is -2.73. The summed E-state index contributed by atoms with van der Waals surface area (Å²) in [6, 6.07) is 24.2. The lowest BCUT2D eigenvalue weighted by Gasteiger charge is -2.24. The van der Waals surface area contributed by atoms with E-state index < -0.39 is 17.9 Å². The number of amides is 6. The van der Waals surface area contributed by atoms with Gasteiger partial charge in [0.15, 0.2) is 0 Å². The van der Waals surface area contributed by atoms with E-state index in [-0.39, 0.29) is 91.1 Å². The topological polar surface area (TPSA) is 157 Å². The first kappa shape index (κ1) is 44.5. The van der Waals surface area contributed by atoms with Gasteiger partial charge in [0, 0.05) is 67.6 Å². The predicted octanol–water partition coefficient (Wildman–Crippen LogP) is 6.22. The van der Waals surface area contributed by atoms with Crippen LogP contribution in [0.5, 0.6) is 0 Å². The number of likely N-dealkylation sites (tertiary alicyclic amines) is 1. The summed E-state index contributed by atoms with van der Waals surface area (Å²) in [5, 5.41) is 12.2. The van der Waals surface area contributed by atoms with Crippen LogP contribution in [0.3, 0.4) is 0 Å². The Balaban J connectivity index is 1.01. The predicted molar refractivity (Wildman–Crippen MR) is 238 cm³/mol. The van der Waals surface area contributed by atoms with Crippen molar-refractivity contribution in [2.24, 2.45) is 11.8 Å². The third-order valence-corrected chi connectivity index (χ3v) is 13.1. The first-order chi connectivity index (χ1) is 30.1. The van der Waals surface area contributed by atoms with Crippen LogP contribution in [0, 0.1) is 11.8 Å². The van der Waals surface area contributed by atoms with E-state index in [0.717, 1.165) is 87.3 Å². The molecule has 0 aromatic heterocycles. The Morgan fingerprint density at radius 3 is 1.84 bits per heavy atom. The first-order valence-corrected chi connectivity index (χ1v) is 23.1. The second-order valence-corrected chi connectivity index (χ2v) is 17.9. The zero-order valence-electron chi connectivity index (χ0n) is 36.4. The lowest BCUT2D eigenvalue weighted by atomic mass is 9.94. The molecular weight excluding hydrogens is 781 g/mol. The molecule has 12 nitrogen and oxygen atoms in total. The number of nitrogens with one attached hydrogen (secondary N) is 4. The normalized spacial score (nSPS) is 22.7. The van der Waals surface area contributed by atoms with Crippen molar-refractivity contribution in [2.45, 2.75) is 127 Å². The molecule has 2 heterocycles. The van der Waals surface area contributed by atoms with Gasteiger partial charge in [-0.25, -0.2) is 0 Å². The maximum atomic E-state index is 14.3. The highest BCUT2D eigenvalue weighted by Crippen LogP contribution is 2.43. The molecule has 7 rings (SSSR count). The quantitative estimate of drug-likeness (QED) is 0.0881. The minimum atomic E-state index is -0.920. The summed E-state index contributed by atoms with van der Waals surface area (Å²) in [6.45, 7) is 5.14. The van der Waals surface area contributed by atoms with Crippen LogP contribution < -0.4 is 21.3 Å². The van der Waals surface area contributed by atoms with Gasteiger partial charge in [-0.15, -0.1) is 0 Å². The fourth-order valence-corrected chi connectivity index (χ4v) is 9.21. The fraction of sp³-hybridized carbons (Fsp3) is 0.520. The van der Waals surface area contributed by atoms with Gasteiger partial charge < -0.3 is 31.1 Å². The van der Waals surface area contributed by atoms with E-state index in [0.29, 0.717) is 18.5 Å². The van der Waals surface area contributed by atoms with Gasteiger partial charge in [0.25, 0.3) is 11.8 Å². The van der Waals surface area contributed by atoms with Gasteiger partial charge in [-0.3, -0.25) is 28.8 Å². The summed E-state index contributed by atoms with van der Waals surface area (Å²) in [5.41, 5.74) is 3.69. The Bertz CT molecular complexity index is 1990. The largest absolute Gasteiger partial charge is 0.354 e. The number of carbonyl (C=O) groups is 6.